The molecule has 0 aromatic heterocycles. The molecule has 3 aromatic carbocycles. The van der Waals surface area contributed by atoms with Gasteiger partial charge in [-0.25, -0.2) is 4.99 Å². The average Bonchev–Trinajstić information content (AvgIpc) is 3.03. The Morgan fingerprint density at radius 3 is 2.18 bits per heavy atom. The van der Waals surface area contributed by atoms with E-state index in [-0.39, 0.29) is 24.3 Å². The Balaban J connectivity index is 0.00000324. The number of methoxy groups -OCH3 is 1. The van der Waals surface area contributed by atoms with Gasteiger partial charge in [-0.3, -0.25) is 14.2 Å². The van der Waals surface area contributed by atoms with Crippen LogP contribution in [0, 0.1) is 0 Å². The lowest BCUT2D eigenvalue weighted by Gasteiger charge is -2.27. The average molecular weight is 502 g/mol. The van der Waals surface area contributed by atoms with Gasteiger partial charge < -0.3 is 10.5 Å². The number of nitrogens with zero attached hydrogens (tertiary/aromatic N) is 2. The largest absolute Gasteiger partial charge is 0.497 e. The number of amides is 1. The van der Waals surface area contributed by atoms with E-state index in [0.29, 0.717) is 22.4 Å². The quantitative estimate of drug-likeness (QED) is 0.500. The van der Waals surface area contributed by atoms with Crippen LogP contribution in [0.1, 0.15) is 16.7 Å². The maximum absolute atomic E-state index is 13.5. The number of halogens is 1. The zero-order chi connectivity index (χ0) is 23.8. The maximum atomic E-state index is 13.5. The van der Waals surface area contributed by atoms with Crippen LogP contribution >= 0.6 is 12.4 Å². The molecule has 0 radical (unpaired) electrons. The van der Waals surface area contributed by atoms with E-state index in [1.54, 1.807) is 37.4 Å². The molecule has 1 aliphatic rings. The van der Waals surface area contributed by atoms with E-state index in [9.17, 15) is 17.8 Å². The van der Waals surface area contributed by atoms with Gasteiger partial charge in [0.25, 0.3) is 16.0 Å². The molecule has 0 saturated carbocycles. The lowest BCUT2D eigenvalue weighted by molar-refractivity contribution is -0.129. The van der Waals surface area contributed by atoms with E-state index >= 15 is 0 Å². The van der Waals surface area contributed by atoms with Crippen LogP contribution < -0.4 is 10.5 Å². The van der Waals surface area contributed by atoms with Gasteiger partial charge in [0.15, 0.2) is 11.5 Å². The predicted molar refractivity (Wildman–Crippen MR) is 133 cm³/mol. The van der Waals surface area contributed by atoms with Crippen LogP contribution in [0.15, 0.2) is 77.8 Å². The summed E-state index contributed by atoms with van der Waals surface area (Å²) < 4.78 is 37.5. The van der Waals surface area contributed by atoms with Crippen molar-refractivity contribution in [1.82, 2.24) is 4.90 Å². The molecule has 8 nitrogen and oxygen atoms in total. The van der Waals surface area contributed by atoms with Crippen molar-refractivity contribution in [3.05, 3.63) is 89.5 Å². The standard InChI is InChI=1S/C24H23N3O5S.ClH/c1-27-22(28)24(26-23(27)25,19-9-3-6-16(12-19)15-33(29,30)31)20-10-4-7-17(13-20)18-8-5-11-21(14-18)32-2;/h3-14H,15H2,1-2H3,(H2,25,26)(H,29,30,31);1H. The summed E-state index contributed by atoms with van der Waals surface area (Å²) in [5, 5.41) is 0. The van der Waals surface area contributed by atoms with Crippen LogP contribution in [0.3, 0.4) is 0 Å². The van der Waals surface area contributed by atoms with Crippen molar-refractivity contribution < 1.29 is 22.5 Å². The molecule has 1 unspecified atom stereocenters. The van der Waals surface area contributed by atoms with Crippen LogP contribution in [-0.4, -0.2) is 43.9 Å². The number of guanidine groups is 1. The van der Waals surface area contributed by atoms with Gasteiger partial charge in [-0.15, -0.1) is 12.4 Å². The van der Waals surface area contributed by atoms with Crippen LogP contribution in [0.25, 0.3) is 11.1 Å². The number of likely N-dealkylation sites (N-methyl/N-ethyl adjacent to an activating group) is 1. The summed E-state index contributed by atoms with van der Waals surface area (Å²) in [7, 11) is -1.12. The normalized spacial score (nSPS) is 17.8. The number of rotatable bonds is 6. The molecule has 10 heteroatoms. The van der Waals surface area contributed by atoms with Crippen molar-refractivity contribution in [1.29, 1.82) is 0 Å². The van der Waals surface area contributed by atoms with E-state index in [2.05, 4.69) is 4.99 Å². The third-order valence-corrected chi connectivity index (χ3v) is 6.32. The van der Waals surface area contributed by atoms with Gasteiger partial charge in [-0.05, 0) is 46.0 Å². The van der Waals surface area contributed by atoms with Crippen molar-refractivity contribution in [3.63, 3.8) is 0 Å². The third kappa shape index (κ3) is 4.63. The fourth-order valence-corrected chi connectivity index (χ4v) is 4.61. The summed E-state index contributed by atoms with van der Waals surface area (Å²) in [5.41, 5.74) is 7.64. The monoisotopic (exact) mass is 501 g/mol. The van der Waals surface area contributed by atoms with Gasteiger partial charge in [-0.2, -0.15) is 8.42 Å². The minimum Gasteiger partial charge on any atom is -0.497 e. The van der Waals surface area contributed by atoms with Crippen molar-refractivity contribution in [2.24, 2.45) is 10.7 Å². The van der Waals surface area contributed by atoms with E-state index in [4.69, 9.17) is 10.5 Å². The molecule has 1 aliphatic heterocycles. The molecule has 3 aromatic rings. The predicted octanol–water partition coefficient (Wildman–Crippen LogP) is 3.20. The topological polar surface area (TPSA) is 122 Å². The molecule has 0 bridgehead atoms. The van der Waals surface area contributed by atoms with Crippen LogP contribution in [-0.2, 0) is 26.2 Å². The Morgan fingerprint density at radius 1 is 1.00 bits per heavy atom. The molecular formula is C24H24ClN3O5S. The molecule has 1 atom stereocenters. The minimum atomic E-state index is -4.25. The second-order valence-electron chi connectivity index (χ2n) is 7.78. The number of nitrogens with two attached hydrogens (primary N) is 1. The molecule has 0 fully saturated rings. The van der Waals surface area contributed by atoms with Gasteiger partial charge in [0, 0.05) is 7.05 Å². The van der Waals surface area contributed by atoms with Crippen LogP contribution in [0.4, 0.5) is 0 Å². The Bertz CT molecular complexity index is 1380. The first-order valence-corrected chi connectivity index (χ1v) is 11.7. The Labute approximate surface area is 204 Å². The second kappa shape index (κ2) is 9.46. The molecule has 4 rings (SSSR count). The van der Waals surface area contributed by atoms with Crippen LogP contribution in [0.2, 0.25) is 0 Å². The summed E-state index contributed by atoms with van der Waals surface area (Å²) in [6.07, 6.45) is 0. The zero-order valence-corrected chi connectivity index (χ0v) is 20.1. The van der Waals surface area contributed by atoms with Gasteiger partial charge in [0.1, 0.15) is 11.5 Å². The number of hydrogen-bond donors (Lipinski definition) is 2. The highest BCUT2D eigenvalue weighted by atomic mass is 35.5. The molecule has 0 saturated heterocycles. The van der Waals surface area contributed by atoms with E-state index in [0.717, 1.165) is 11.1 Å². The number of carbonyl (C=O) groups is 1. The molecule has 34 heavy (non-hydrogen) atoms. The summed E-state index contributed by atoms with van der Waals surface area (Å²) in [6.45, 7) is 0. The van der Waals surface area contributed by atoms with E-state index < -0.39 is 21.4 Å². The number of aliphatic imine (C=N–C) groups is 1. The summed E-state index contributed by atoms with van der Waals surface area (Å²) in [5.74, 6) is -0.201. The molecule has 0 aliphatic carbocycles. The Morgan fingerprint density at radius 2 is 1.59 bits per heavy atom. The molecule has 0 spiro atoms. The molecule has 178 valence electrons. The fraction of sp³-hybridized carbons (Fsp3) is 0.167. The van der Waals surface area contributed by atoms with Crippen molar-refractivity contribution in [3.8, 4) is 16.9 Å². The van der Waals surface area contributed by atoms with Crippen molar-refractivity contribution >= 4 is 34.4 Å². The first-order valence-electron chi connectivity index (χ1n) is 10.1. The molecule has 3 N–H and O–H groups in total. The summed E-state index contributed by atoms with van der Waals surface area (Å²) in [6, 6.07) is 21.4. The lowest BCUT2D eigenvalue weighted by atomic mass is 9.81. The van der Waals surface area contributed by atoms with Crippen LogP contribution in [0.5, 0.6) is 5.75 Å². The van der Waals surface area contributed by atoms with E-state index in [1.165, 1.54) is 11.9 Å². The van der Waals surface area contributed by atoms with Crippen molar-refractivity contribution in [2.75, 3.05) is 14.2 Å². The summed E-state index contributed by atoms with van der Waals surface area (Å²) in [4.78, 5) is 19.4. The highest BCUT2D eigenvalue weighted by Crippen LogP contribution is 2.41. The number of ether oxygens (including phenoxy) is 1. The Kier molecular flexibility index (Phi) is 7.02. The first-order chi connectivity index (χ1) is 15.6. The highest BCUT2D eigenvalue weighted by Gasteiger charge is 2.49. The SMILES string of the molecule is COc1cccc(-c2cccc(C3(c4cccc(CS(=O)(=O)O)c4)N=C(N)N(C)C3=O)c2)c1.Cl. The second-order valence-corrected chi connectivity index (χ2v) is 9.24. The van der Waals surface area contributed by atoms with E-state index in [1.807, 2.05) is 42.5 Å². The fourth-order valence-electron chi connectivity index (χ4n) is 4.01. The van der Waals surface area contributed by atoms with Crippen molar-refractivity contribution in [2.45, 2.75) is 11.3 Å². The number of carbonyl (C=O) groups excluding carboxylic acids is 1. The summed E-state index contributed by atoms with van der Waals surface area (Å²) >= 11 is 0. The maximum Gasteiger partial charge on any atom is 0.269 e. The smallest absolute Gasteiger partial charge is 0.269 e. The Hall–Kier alpha value is -3.40. The van der Waals surface area contributed by atoms with Gasteiger partial charge in [0.2, 0.25) is 0 Å². The third-order valence-electron chi connectivity index (χ3n) is 5.62. The number of hydrogen-bond acceptors (Lipinski definition) is 6. The highest BCUT2D eigenvalue weighted by molar-refractivity contribution is 7.85. The zero-order valence-electron chi connectivity index (χ0n) is 18.5. The number of benzene rings is 3. The first kappa shape index (κ1) is 25.2. The van der Waals surface area contributed by atoms with Gasteiger partial charge >= 0.3 is 0 Å². The molecule has 1 heterocycles. The van der Waals surface area contributed by atoms with Gasteiger partial charge in [0.05, 0.1) is 7.11 Å². The lowest BCUT2D eigenvalue weighted by Crippen LogP contribution is -2.41. The van der Waals surface area contributed by atoms with Gasteiger partial charge in [-0.1, -0.05) is 54.6 Å². The molecule has 1 amide bonds. The molecular weight excluding hydrogens is 478 g/mol. The minimum absolute atomic E-state index is 0.